The number of nitrogens with one attached hydrogen (secondary N) is 2. The maximum atomic E-state index is 12.0. The highest BCUT2D eigenvalue weighted by molar-refractivity contribution is 5.73. The second-order valence-electron chi connectivity index (χ2n) is 6.06. The molecule has 0 fully saturated rings. The van der Waals surface area contributed by atoms with Gasteiger partial charge in [0.1, 0.15) is 5.75 Å². The SMILES string of the molecule is COc1ccc2c(c1)CCC[C@@H]2CNC(=O)NCCn1cccn1. The summed E-state index contributed by atoms with van der Waals surface area (Å²) in [6.07, 6.45) is 6.95. The van der Waals surface area contributed by atoms with Gasteiger partial charge in [-0.25, -0.2) is 4.79 Å². The number of hydrogen-bond donors (Lipinski definition) is 2. The Balaban J connectivity index is 1.47. The minimum absolute atomic E-state index is 0.122. The van der Waals surface area contributed by atoms with Crippen molar-refractivity contribution in [3.05, 3.63) is 47.8 Å². The van der Waals surface area contributed by atoms with E-state index in [1.807, 2.05) is 18.3 Å². The molecule has 0 aliphatic heterocycles. The normalized spacial score (nSPS) is 16.3. The molecule has 6 nitrogen and oxygen atoms in total. The molecule has 1 aliphatic carbocycles. The molecule has 1 aliphatic rings. The van der Waals surface area contributed by atoms with Crippen molar-refractivity contribution < 1.29 is 9.53 Å². The molecule has 1 aromatic carbocycles. The van der Waals surface area contributed by atoms with Gasteiger partial charge in [-0.3, -0.25) is 4.68 Å². The first-order valence-electron chi connectivity index (χ1n) is 8.42. The fourth-order valence-corrected chi connectivity index (χ4v) is 3.23. The number of carbonyl (C=O) groups is 1. The van der Waals surface area contributed by atoms with E-state index in [2.05, 4.69) is 27.9 Å². The van der Waals surface area contributed by atoms with Gasteiger partial charge in [-0.2, -0.15) is 5.10 Å². The first-order chi connectivity index (χ1) is 11.8. The van der Waals surface area contributed by atoms with Crippen LogP contribution in [0.5, 0.6) is 5.75 Å². The molecular weight excluding hydrogens is 304 g/mol. The average Bonchev–Trinajstić information content (AvgIpc) is 3.12. The number of benzene rings is 1. The Kier molecular flexibility index (Phi) is 5.36. The molecule has 6 heteroatoms. The maximum absolute atomic E-state index is 12.0. The van der Waals surface area contributed by atoms with E-state index in [0.29, 0.717) is 25.6 Å². The van der Waals surface area contributed by atoms with Crippen molar-refractivity contribution in [2.45, 2.75) is 31.7 Å². The van der Waals surface area contributed by atoms with Gasteiger partial charge in [0, 0.05) is 31.4 Å². The van der Waals surface area contributed by atoms with E-state index in [4.69, 9.17) is 4.74 Å². The molecule has 2 aromatic rings. The number of ether oxygens (including phenoxy) is 1. The van der Waals surface area contributed by atoms with Crippen molar-refractivity contribution in [2.75, 3.05) is 20.2 Å². The average molecular weight is 328 g/mol. The fraction of sp³-hybridized carbons (Fsp3) is 0.444. The zero-order valence-electron chi connectivity index (χ0n) is 14.0. The topological polar surface area (TPSA) is 68.2 Å². The quantitative estimate of drug-likeness (QED) is 0.855. The highest BCUT2D eigenvalue weighted by atomic mass is 16.5. The molecule has 24 heavy (non-hydrogen) atoms. The van der Waals surface area contributed by atoms with E-state index >= 15 is 0 Å². The largest absolute Gasteiger partial charge is 0.497 e. The molecule has 0 spiro atoms. The smallest absolute Gasteiger partial charge is 0.314 e. The van der Waals surface area contributed by atoms with Crippen LogP contribution in [0.4, 0.5) is 4.79 Å². The Hall–Kier alpha value is -2.50. The summed E-state index contributed by atoms with van der Waals surface area (Å²) in [6, 6.07) is 8.00. The van der Waals surface area contributed by atoms with E-state index in [0.717, 1.165) is 25.0 Å². The van der Waals surface area contributed by atoms with Gasteiger partial charge in [-0.1, -0.05) is 6.07 Å². The number of rotatable bonds is 6. The van der Waals surface area contributed by atoms with E-state index in [9.17, 15) is 4.79 Å². The first kappa shape index (κ1) is 16.4. The minimum atomic E-state index is -0.122. The highest BCUT2D eigenvalue weighted by Gasteiger charge is 2.21. The van der Waals surface area contributed by atoms with Crippen molar-refractivity contribution in [2.24, 2.45) is 0 Å². The molecule has 1 heterocycles. The van der Waals surface area contributed by atoms with Gasteiger partial charge in [-0.05, 0) is 48.6 Å². The Morgan fingerprint density at radius 3 is 3.12 bits per heavy atom. The molecule has 0 unspecified atom stereocenters. The van der Waals surface area contributed by atoms with Gasteiger partial charge in [0.2, 0.25) is 0 Å². The van der Waals surface area contributed by atoms with Crippen molar-refractivity contribution >= 4 is 6.03 Å². The van der Waals surface area contributed by atoms with E-state index in [1.54, 1.807) is 18.0 Å². The Labute approximate surface area is 142 Å². The number of urea groups is 1. The maximum Gasteiger partial charge on any atom is 0.314 e. The van der Waals surface area contributed by atoms with E-state index < -0.39 is 0 Å². The van der Waals surface area contributed by atoms with Crippen LogP contribution in [0.3, 0.4) is 0 Å². The summed E-state index contributed by atoms with van der Waals surface area (Å²) in [5.74, 6) is 1.27. The second kappa shape index (κ2) is 7.86. The standard InChI is InChI=1S/C18H24N4O2/c1-24-16-6-7-17-14(12-16)4-2-5-15(17)13-20-18(23)19-9-11-22-10-3-8-21-22/h3,6-8,10,12,15H,2,4-5,9,11,13H2,1H3,(H2,19,20,23)/t15-/m1/s1. The van der Waals surface area contributed by atoms with Crippen LogP contribution >= 0.6 is 0 Å². The lowest BCUT2D eigenvalue weighted by Crippen LogP contribution is -2.39. The third-order valence-electron chi connectivity index (χ3n) is 4.48. The lowest BCUT2D eigenvalue weighted by Gasteiger charge is -2.26. The third-order valence-corrected chi connectivity index (χ3v) is 4.48. The summed E-state index contributed by atoms with van der Waals surface area (Å²) in [5, 5.41) is 9.97. The molecule has 128 valence electrons. The van der Waals surface area contributed by atoms with Crippen LogP contribution in [-0.2, 0) is 13.0 Å². The van der Waals surface area contributed by atoms with Gasteiger partial charge < -0.3 is 15.4 Å². The second-order valence-corrected chi connectivity index (χ2v) is 6.06. The summed E-state index contributed by atoms with van der Waals surface area (Å²) in [6.45, 7) is 1.89. The van der Waals surface area contributed by atoms with Crippen LogP contribution in [0.25, 0.3) is 0 Å². The van der Waals surface area contributed by atoms with Crippen LogP contribution in [0.2, 0.25) is 0 Å². The predicted molar refractivity (Wildman–Crippen MR) is 92.3 cm³/mol. The number of carbonyl (C=O) groups excluding carboxylic acids is 1. The Bertz CT molecular complexity index is 670. The number of fused-ring (bicyclic) bond motifs is 1. The number of aromatic nitrogens is 2. The molecular formula is C18H24N4O2. The van der Waals surface area contributed by atoms with Crippen molar-refractivity contribution in [3.8, 4) is 5.75 Å². The van der Waals surface area contributed by atoms with Crippen LogP contribution in [0.1, 0.15) is 29.9 Å². The van der Waals surface area contributed by atoms with Crippen LogP contribution in [0, 0.1) is 0 Å². The molecule has 2 amide bonds. The fourth-order valence-electron chi connectivity index (χ4n) is 3.23. The lowest BCUT2D eigenvalue weighted by atomic mass is 9.82. The Morgan fingerprint density at radius 2 is 2.33 bits per heavy atom. The lowest BCUT2D eigenvalue weighted by molar-refractivity contribution is 0.239. The van der Waals surface area contributed by atoms with Crippen molar-refractivity contribution in [1.82, 2.24) is 20.4 Å². The van der Waals surface area contributed by atoms with Crippen molar-refractivity contribution in [3.63, 3.8) is 0 Å². The van der Waals surface area contributed by atoms with Gasteiger partial charge >= 0.3 is 6.03 Å². The van der Waals surface area contributed by atoms with Crippen LogP contribution < -0.4 is 15.4 Å². The van der Waals surface area contributed by atoms with Crippen LogP contribution in [-0.4, -0.2) is 36.0 Å². The number of hydrogen-bond acceptors (Lipinski definition) is 3. The molecule has 0 bridgehead atoms. The molecule has 3 rings (SSSR count). The van der Waals surface area contributed by atoms with E-state index in [-0.39, 0.29) is 6.03 Å². The number of amides is 2. The molecule has 0 saturated heterocycles. The third kappa shape index (κ3) is 4.07. The molecule has 0 saturated carbocycles. The van der Waals surface area contributed by atoms with E-state index in [1.165, 1.54) is 11.1 Å². The number of nitrogens with zero attached hydrogens (tertiary/aromatic N) is 2. The monoisotopic (exact) mass is 328 g/mol. The summed E-state index contributed by atoms with van der Waals surface area (Å²) in [7, 11) is 1.69. The molecule has 2 N–H and O–H groups in total. The van der Waals surface area contributed by atoms with Crippen LogP contribution in [0.15, 0.2) is 36.7 Å². The summed E-state index contributed by atoms with van der Waals surface area (Å²) in [5.41, 5.74) is 2.67. The molecule has 0 radical (unpaired) electrons. The Morgan fingerprint density at radius 1 is 1.42 bits per heavy atom. The summed E-state index contributed by atoms with van der Waals surface area (Å²) >= 11 is 0. The zero-order chi connectivity index (χ0) is 16.8. The molecule has 1 aromatic heterocycles. The number of methoxy groups -OCH3 is 1. The number of aryl methyl sites for hydroxylation is 1. The van der Waals surface area contributed by atoms with Gasteiger partial charge in [0.25, 0.3) is 0 Å². The zero-order valence-corrected chi connectivity index (χ0v) is 14.0. The highest BCUT2D eigenvalue weighted by Crippen LogP contribution is 2.33. The summed E-state index contributed by atoms with van der Waals surface area (Å²) < 4.78 is 7.10. The predicted octanol–water partition coefficient (Wildman–Crippen LogP) is 2.31. The minimum Gasteiger partial charge on any atom is -0.497 e. The summed E-state index contributed by atoms with van der Waals surface area (Å²) in [4.78, 5) is 12.0. The van der Waals surface area contributed by atoms with Gasteiger partial charge in [-0.15, -0.1) is 0 Å². The van der Waals surface area contributed by atoms with Gasteiger partial charge in [0.15, 0.2) is 0 Å². The first-order valence-corrected chi connectivity index (χ1v) is 8.42. The molecule has 1 atom stereocenters. The van der Waals surface area contributed by atoms with Crippen molar-refractivity contribution in [1.29, 1.82) is 0 Å². The van der Waals surface area contributed by atoms with Gasteiger partial charge in [0.05, 0.1) is 13.7 Å².